The maximum atomic E-state index is 16.0. The lowest BCUT2D eigenvalue weighted by molar-refractivity contribution is -0.381. The van der Waals surface area contributed by atoms with Gasteiger partial charge in [0.25, 0.3) is 0 Å². The van der Waals surface area contributed by atoms with E-state index >= 15 is 4.79 Å². The van der Waals surface area contributed by atoms with E-state index in [2.05, 4.69) is 54.5 Å². The van der Waals surface area contributed by atoms with Gasteiger partial charge in [0.1, 0.15) is 72.6 Å². The van der Waals surface area contributed by atoms with Gasteiger partial charge in [-0.15, -0.1) is 0 Å². The second-order valence-electron chi connectivity index (χ2n) is 28.0. The SMILES string of the molecule is COC(=O)[C@H]1O[C@@H](O[C@H]2CC[C@@]3(C)C(CC[C@]4(C)C3CC=C3C5CC(C)(C)CC[C@]5(C(=O)O[C@@H]5OC[C@@H](O)[C@H](O[C@@H]6O[C@@H](C)[C@H](OC)[C@@H](OC)[C@H]6OC)[C@H]5O[C@@H]5O[C@@H](C)[C@H](OC)[C@@H](OC)[C@H]5OC)[C@H](O)C[C@]34C)C2(C)C)[C@H](OC)[C@@H](OC)[C@@H]1OC. The Kier molecular flexibility index (Phi) is 20.5. The predicted molar refractivity (Wildman–Crippen MR) is 303 cm³/mol. The van der Waals surface area contributed by atoms with Gasteiger partial charge in [0, 0.05) is 64.0 Å². The molecule has 22 nitrogen and oxygen atoms in total. The minimum atomic E-state index is -1.49. The molecule has 28 atom stereocenters. The first-order chi connectivity index (χ1) is 40.2. The van der Waals surface area contributed by atoms with Gasteiger partial charge in [-0.2, -0.15) is 0 Å². The largest absolute Gasteiger partial charge is 0.467 e. The summed E-state index contributed by atoms with van der Waals surface area (Å²) in [5, 5.41) is 25.3. The van der Waals surface area contributed by atoms with Crippen LogP contribution in [-0.2, 0) is 94.9 Å². The maximum Gasteiger partial charge on any atom is 0.337 e. The van der Waals surface area contributed by atoms with Crippen LogP contribution in [0.15, 0.2) is 11.6 Å². The molecule has 0 bridgehead atoms. The summed E-state index contributed by atoms with van der Waals surface area (Å²) in [6, 6.07) is 0. The third-order valence-corrected chi connectivity index (χ3v) is 23.3. The average molecular weight is 1210 g/mol. The van der Waals surface area contributed by atoms with Crippen molar-refractivity contribution in [2.45, 2.75) is 249 Å². The molecular weight excluding hydrogens is 1110 g/mol. The molecular formula is C63H104O22. The van der Waals surface area contributed by atoms with Gasteiger partial charge in [-0.05, 0) is 116 Å². The molecule has 0 aromatic rings. The highest BCUT2D eigenvalue weighted by Gasteiger charge is 2.72. The lowest BCUT2D eigenvalue weighted by atomic mass is 9.33. The van der Waals surface area contributed by atoms with E-state index in [4.69, 9.17) is 85.3 Å². The van der Waals surface area contributed by atoms with Crippen molar-refractivity contribution in [1.29, 1.82) is 0 Å². The van der Waals surface area contributed by atoms with E-state index in [1.54, 1.807) is 42.7 Å². The Hall–Kier alpha value is -2.04. The van der Waals surface area contributed by atoms with Crippen molar-refractivity contribution in [3.63, 3.8) is 0 Å². The van der Waals surface area contributed by atoms with Crippen molar-refractivity contribution in [2.75, 3.05) is 77.7 Å². The fourth-order valence-electron chi connectivity index (χ4n) is 18.6. The van der Waals surface area contributed by atoms with Gasteiger partial charge in [-0.1, -0.05) is 60.1 Å². The lowest BCUT2D eigenvalue weighted by Gasteiger charge is -2.71. The van der Waals surface area contributed by atoms with Crippen LogP contribution in [0.1, 0.15) is 120 Å². The van der Waals surface area contributed by atoms with E-state index in [-0.39, 0.29) is 52.1 Å². The number of hydrogen-bond donors (Lipinski definition) is 2. The molecule has 0 amide bonds. The molecule has 9 rings (SSSR count). The van der Waals surface area contributed by atoms with Crippen LogP contribution in [0.25, 0.3) is 0 Å². The zero-order valence-corrected chi connectivity index (χ0v) is 54.1. The third kappa shape index (κ3) is 11.2. The van der Waals surface area contributed by atoms with Gasteiger partial charge in [0.2, 0.25) is 6.29 Å². The molecule has 0 radical (unpaired) electrons. The molecule has 4 aliphatic heterocycles. The van der Waals surface area contributed by atoms with Gasteiger partial charge in [0.15, 0.2) is 31.1 Å². The number of aliphatic hydroxyl groups is 2. The molecule has 0 aromatic carbocycles. The van der Waals surface area contributed by atoms with Crippen molar-refractivity contribution < 1.29 is 105 Å². The van der Waals surface area contributed by atoms with Crippen molar-refractivity contribution in [2.24, 2.45) is 50.2 Å². The molecule has 4 saturated heterocycles. The quantitative estimate of drug-likeness (QED) is 0.0951. The molecule has 0 aromatic heterocycles. The Bertz CT molecular complexity index is 2320. The maximum absolute atomic E-state index is 16.0. The monoisotopic (exact) mass is 1210 g/mol. The molecule has 8 fully saturated rings. The number of esters is 2. The highest BCUT2D eigenvalue weighted by molar-refractivity contribution is 5.80. The summed E-state index contributed by atoms with van der Waals surface area (Å²) in [7, 11) is 15.2. The van der Waals surface area contributed by atoms with Crippen LogP contribution in [0, 0.1) is 50.2 Å². The molecule has 4 saturated carbocycles. The molecule has 5 aliphatic carbocycles. The first-order valence-corrected chi connectivity index (χ1v) is 30.9. The minimum Gasteiger partial charge on any atom is -0.467 e. The second kappa shape index (κ2) is 25.9. The number of allylic oxidation sites excluding steroid dienone is 2. The van der Waals surface area contributed by atoms with E-state index in [0.29, 0.717) is 25.7 Å². The van der Waals surface area contributed by atoms with Crippen LogP contribution in [-0.4, -0.2) is 229 Å². The number of hydrogen-bond acceptors (Lipinski definition) is 22. The van der Waals surface area contributed by atoms with Crippen LogP contribution in [0.4, 0.5) is 0 Å². The lowest BCUT2D eigenvalue weighted by Crippen LogP contribution is -2.68. The highest BCUT2D eigenvalue weighted by Crippen LogP contribution is 2.76. The molecule has 3 unspecified atom stereocenters. The van der Waals surface area contributed by atoms with Crippen molar-refractivity contribution in [1.82, 2.24) is 0 Å². The summed E-state index contributed by atoms with van der Waals surface area (Å²) in [6.45, 7) is 19.7. The van der Waals surface area contributed by atoms with E-state index in [0.717, 1.165) is 32.1 Å². The molecule has 85 heavy (non-hydrogen) atoms. The number of fused-ring (bicyclic) bond motifs is 7. The Morgan fingerprint density at radius 1 is 0.541 bits per heavy atom. The van der Waals surface area contributed by atoms with Gasteiger partial charge >= 0.3 is 11.9 Å². The van der Waals surface area contributed by atoms with E-state index in [9.17, 15) is 15.0 Å². The summed E-state index contributed by atoms with van der Waals surface area (Å²) in [4.78, 5) is 29.2. The molecule has 0 spiro atoms. The smallest absolute Gasteiger partial charge is 0.337 e. The number of aliphatic hydroxyl groups excluding tert-OH is 2. The van der Waals surface area contributed by atoms with Crippen molar-refractivity contribution >= 4 is 11.9 Å². The number of methoxy groups -OCH3 is 10. The molecule has 4 heterocycles. The number of ether oxygens (including phenoxy) is 18. The van der Waals surface area contributed by atoms with Gasteiger partial charge in [0.05, 0.1) is 38.1 Å². The molecule has 9 aliphatic rings. The summed E-state index contributed by atoms with van der Waals surface area (Å²) >= 11 is 0. The third-order valence-electron chi connectivity index (χ3n) is 23.3. The Labute approximate surface area is 504 Å². The van der Waals surface area contributed by atoms with E-state index in [1.807, 2.05) is 13.8 Å². The van der Waals surface area contributed by atoms with Gasteiger partial charge < -0.3 is 95.5 Å². The Morgan fingerprint density at radius 2 is 1.06 bits per heavy atom. The van der Waals surface area contributed by atoms with Crippen molar-refractivity contribution in [3.05, 3.63) is 11.6 Å². The summed E-state index contributed by atoms with van der Waals surface area (Å²) in [6.07, 6.45) is -9.78. The summed E-state index contributed by atoms with van der Waals surface area (Å²) in [5.74, 6) is -1.13. The Balaban J connectivity index is 1.02. The van der Waals surface area contributed by atoms with E-state index in [1.165, 1.54) is 34.0 Å². The summed E-state index contributed by atoms with van der Waals surface area (Å²) in [5.41, 5.74) is -1.62. The second-order valence-corrected chi connectivity index (χ2v) is 28.0. The molecule has 22 heteroatoms. The average Bonchev–Trinajstić information content (AvgIpc) is 1.62. The number of rotatable bonds is 18. The van der Waals surface area contributed by atoms with Crippen LogP contribution in [0.3, 0.4) is 0 Å². The first-order valence-electron chi connectivity index (χ1n) is 30.9. The number of carbonyl (C=O) groups excluding carboxylic acids is 2. The van der Waals surface area contributed by atoms with Crippen molar-refractivity contribution in [3.8, 4) is 0 Å². The van der Waals surface area contributed by atoms with Gasteiger partial charge in [-0.25, -0.2) is 4.79 Å². The normalized spacial score (nSPS) is 49.4. The van der Waals surface area contributed by atoms with Crippen LogP contribution >= 0.6 is 0 Å². The van der Waals surface area contributed by atoms with Gasteiger partial charge in [-0.3, -0.25) is 4.79 Å². The fraction of sp³-hybridized carbons (Fsp3) is 0.937. The number of carbonyl (C=O) groups is 2. The molecule has 488 valence electrons. The van der Waals surface area contributed by atoms with E-state index < -0.39 is 146 Å². The first kappa shape index (κ1) is 67.4. The zero-order valence-electron chi connectivity index (χ0n) is 54.1. The Morgan fingerprint density at radius 3 is 1.59 bits per heavy atom. The zero-order chi connectivity index (χ0) is 62.1. The fourth-order valence-corrected chi connectivity index (χ4v) is 18.6. The minimum absolute atomic E-state index is 0.143. The highest BCUT2D eigenvalue weighted by atomic mass is 16.8. The molecule has 2 N–H and O–H groups in total. The summed E-state index contributed by atoms with van der Waals surface area (Å²) < 4.78 is 112. The predicted octanol–water partition coefficient (Wildman–Crippen LogP) is 5.70. The van der Waals surface area contributed by atoms with Crippen LogP contribution in [0.5, 0.6) is 0 Å². The standard InChI is InChI=1S/C63H104O22/c1-31-40(68-10)43(70-12)48(74-16)54(79-31)82-42-35(64)30-78-53(51(42)84-55-49(75-17)44(71-13)41(69-11)32(2)80-55)85-57(67)63-27-26-58(3,4)28-34(63)33-20-21-37-60(7)24-23-39(59(5,6)36(60)22-25-61(37,8)62(33,9)29-38(63)65)81-56-50(76-18)46(73-15)45(72-14)47(83-56)52(66)77-19/h20,31-32,34-51,53-56,64-65H,21-30H2,1-19H3/t31-,32-,34?,35+,36?,37?,38+,39-,40-,41-,42-,43+,44+,45-,46-,47-,48+,49+,50+,51+,53-,54-,55-,56+,60-,61+,62+,63+/m0/s1. The van der Waals surface area contributed by atoms with Crippen LogP contribution in [0.2, 0.25) is 0 Å². The topological polar surface area (TPSA) is 241 Å². The van der Waals surface area contributed by atoms with Crippen LogP contribution < -0.4 is 0 Å².